The van der Waals surface area contributed by atoms with Crippen molar-refractivity contribution in [2.75, 3.05) is 54.8 Å². The zero-order valence-corrected chi connectivity index (χ0v) is 15.2. The minimum Gasteiger partial charge on any atom is -0.384 e. The number of fused-ring (bicyclic) bond motifs is 1. The van der Waals surface area contributed by atoms with E-state index in [0.29, 0.717) is 13.1 Å². The van der Waals surface area contributed by atoms with Gasteiger partial charge in [-0.15, -0.1) is 0 Å². The third-order valence-electron chi connectivity index (χ3n) is 5.10. The van der Waals surface area contributed by atoms with Crippen LogP contribution in [0.25, 0.3) is 0 Å². The quantitative estimate of drug-likeness (QED) is 0.886. The largest absolute Gasteiger partial charge is 0.384 e. The number of nitrogens with one attached hydrogen (secondary N) is 2. The summed E-state index contributed by atoms with van der Waals surface area (Å²) in [7, 11) is 0. The molecule has 2 aromatic rings. The Kier molecular flexibility index (Phi) is 4.65. The first-order chi connectivity index (χ1) is 12.8. The van der Waals surface area contributed by atoms with Crippen LogP contribution in [-0.2, 0) is 6.42 Å². The Morgan fingerprint density at radius 3 is 2.85 bits per heavy atom. The lowest BCUT2D eigenvalue weighted by molar-refractivity contribution is 0.0747. The molecule has 0 saturated carbocycles. The van der Waals surface area contributed by atoms with Crippen LogP contribution in [0.15, 0.2) is 36.5 Å². The topological polar surface area (TPSA) is 60.5 Å². The molecule has 6 heteroatoms. The maximum atomic E-state index is 13.0. The lowest BCUT2D eigenvalue weighted by Gasteiger charge is -2.36. The number of hydrogen-bond acceptors (Lipinski definition) is 5. The first-order valence-corrected chi connectivity index (χ1v) is 9.37. The molecule has 2 aliphatic rings. The summed E-state index contributed by atoms with van der Waals surface area (Å²) in [5.41, 5.74) is 4.14. The Morgan fingerprint density at radius 1 is 1.19 bits per heavy atom. The minimum absolute atomic E-state index is 0.129. The Hall–Kier alpha value is -2.76. The van der Waals surface area contributed by atoms with Gasteiger partial charge in [0.25, 0.3) is 5.91 Å². The molecule has 0 atom stereocenters. The maximum absolute atomic E-state index is 13.0. The Bertz CT molecular complexity index is 799. The molecule has 1 saturated heterocycles. The van der Waals surface area contributed by atoms with E-state index in [4.69, 9.17) is 0 Å². The predicted octanol–water partition coefficient (Wildman–Crippen LogP) is 2.44. The normalized spacial score (nSPS) is 16.2. The molecule has 2 aliphatic heterocycles. The van der Waals surface area contributed by atoms with Crippen molar-refractivity contribution in [1.29, 1.82) is 0 Å². The van der Waals surface area contributed by atoms with Crippen LogP contribution >= 0.6 is 0 Å². The number of anilines is 3. The zero-order valence-electron chi connectivity index (χ0n) is 15.2. The second-order valence-corrected chi connectivity index (χ2v) is 6.70. The van der Waals surface area contributed by atoms with Crippen LogP contribution in [0.2, 0.25) is 0 Å². The number of para-hydroxylation sites is 1. The molecule has 1 aromatic heterocycles. The van der Waals surface area contributed by atoms with E-state index < -0.39 is 0 Å². The Labute approximate surface area is 154 Å². The van der Waals surface area contributed by atoms with Gasteiger partial charge >= 0.3 is 0 Å². The van der Waals surface area contributed by atoms with Crippen molar-refractivity contribution in [3.63, 3.8) is 0 Å². The molecule has 1 fully saturated rings. The molecule has 0 aliphatic carbocycles. The number of benzene rings is 1. The number of pyridine rings is 1. The Balaban J connectivity index is 1.46. The number of hydrogen-bond donors (Lipinski definition) is 2. The lowest BCUT2D eigenvalue weighted by atomic mass is 10.1. The average molecular weight is 351 g/mol. The molecule has 26 heavy (non-hydrogen) atoms. The summed E-state index contributed by atoms with van der Waals surface area (Å²) in [6.07, 6.45) is 2.82. The van der Waals surface area contributed by atoms with Gasteiger partial charge in [0.15, 0.2) is 5.82 Å². The summed E-state index contributed by atoms with van der Waals surface area (Å²) in [5.74, 6) is 1.10. The van der Waals surface area contributed by atoms with Crippen molar-refractivity contribution < 1.29 is 4.79 Å². The van der Waals surface area contributed by atoms with Gasteiger partial charge in [-0.1, -0.05) is 12.1 Å². The fraction of sp³-hybridized carbons (Fsp3) is 0.400. The third-order valence-corrected chi connectivity index (χ3v) is 5.10. The van der Waals surface area contributed by atoms with E-state index in [2.05, 4.69) is 39.6 Å². The Morgan fingerprint density at radius 2 is 2.04 bits per heavy atom. The number of nitrogens with zero attached hydrogens (tertiary/aromatic N) is 3. The number of carbonyl (C=O) groups excluding carboxylic acids is 1. The second kappa shape index (κ2) is 7.23. The number of rotatable bonds is 4. The highest BCUT2D eigenvalue weighted by molar-refractivity contribution is 6.00. The van der Waals surface area contributed by atoms with E-state index in [1.807, 2.05) is 29.3 Å². The van der Waals surface area contributed by atoms with Gasteiger partial charge in [0.05, 0.1) is 16.9 Å². The second-order valence-electron chi connectivity index (χ2n) is 6.70. The number of amides is 1. The van der Waals surface area contributed by atoms with Crippen LogP contribution in [0.4, 0.5) is 17.2 Å². The van der Waals surface area contributed by atoms with Gasteiger partial charge in [0.2, 0.25) is 0 Å². The molecule has 1 amide bonds. The van der Waals surface area contributed by atoms with Crippen LogP contribution < -0.4 is 15.5 Å². The van der Waals surface area contributed by atoms with Crippen LogP contribution in [0.3, 0.4) is 0 Å². The number of piperazine rings is 1. The first-order valence-electron chi connectivity index (χ1n) is 9.37. The zero-order chi connectivity index (χ0) is 17.9. The highest BCUT2D eigenvalue weighted by atomic mass is 16.2. The maximum Gasteiger partial charge on any atom is 0.256 e. The monoisotopic (exact) mass is 351 g/mol. The molecule has 0 radical (unpaired) electrons. The van der Waals surface area contributed by atoms with Gasteiger partial charge in [-0.25, -0.2) is 4.98 Å². The average Bonchev–Trinajstić information content (AvgIpc) is 3.17. The molecular formula is C20H25N5O. The predicted molar refractivity (Wildman–Crippen MR) is 105 cm³/mol. The summed E-state index contributed by atoms with van der Waals surface area (Å²) >= 11 is 0. The molecule has 1 aromatic carbocycles. The van der Waals surface area contributed by atoms with Gasteiger partial charge in [0, 0.05) is 45.5 Å². The number of aromatic nitrogens is 1. The van der Waals surface area contributed by atoms with Crippen molar-refractivity contribution in [3.05, 3.63) is 47.7 Å². The van der Waals surface area contributed by atoms with Gasteiger partial charge in [-0.2, -0.15) is 0 Å². The summed E-state index contributed by atoms with van der Waals surface area (Å²) in [5, 5.41) is 6.74. The molecule has 6 nitrogen and oxygen atoms in total. The van der Waals surface area contributed by atoms with E-state index >= 15 is 0 Å². The highest BCUT2D eigenvalue weighted by Crippen LogP contribution is 2.28. The fourth-order valence-electron chi connectivity index (χ4n) is 3.79. The molecule has 0 bridgehead atoms. The van der Waals surface area contributed by atoms with Crippen molar-refractivity contribution in [1.82, 2.24) is 9.88 Å². The standard InChI is InChI=1S/C20H25N5O/c1-2-21-17-7-4-9-23-19(17)24-11-13-25(14-12-24)20(26)16-6-3-5-15-8-10-22-18(15)16/h3-7,9,21-22H,2,8,10-14H2,1H3. The van der Waals surface area contributed by atoms with E-state index in [1.165, 1.54) is 5.56 Å². The van der Waals surface area contributed by atoms with Crippen LogP contribution in [0.5, 0.6) is 0 Å². The van der Waals surface area contributed by atoms with Crippen molar-refractivity contribution in [2.45, 2.75) is 13.3 Å². The van der Waals surface area contributed by atoms with Crippen molar-refractivity contribution in [2.24, 2.45) is 0 Å². The van der Waals surface area contributed by atoms with Gasteiger partial charge in [-0.3, -0.25) is 4.79 Å². The molecular weight excluding hydrogens is 326 g/mol. The summed E-state index contributed by atoms with van der Waals surface area (Å²) in [6.45, 7) is 6.88. The highest BCUT2D eigenvalue weighted by Gasteiger charge is 2.27. The number of carbonyl (C=O) groups is 1. The summed E-state index contributed by atoms with van der Waals surface area (Å²) < 4.78 is 0. The molecule has 3 heterocycles. The van der Waals surface area contributed by atoms with E-state index in [-0.39, 0.29) is 5.91 Å². The molecule has 2 N–H and O–H groups in total. The van der Waals surface area contributed by atoms with Crippen LogP contribution in [0, 0.1) is 0 Å². The SMILES string of the molecule is CCNc1cccnc1N1CCN(C(=O)c2cccc3c2NCC3)CC1. The van der Waals surface area contributed by atoms with Crippen molar-refractivity contribution >= 4 is 23.1 Å². The van der Waals surface area contributed by atoms with Gasteiger partial charge in [-0.05, 0) is 37.1 Å². The molecule has 0 spiro atoms. The van der Waals surface area contributed by atoms with Crippen molar-refractivity contribution in [3.8, 4) is 0 Å². The molecule has 4 rings (SSSR count). The fourth-order valence-corrected chi connectivity index (χ4v) is 3.79. The van der Waals surface area contributed by atoms with E-state index in [1.54, 1.807) is 0 Å². The third kappa shape index (κ3) is 3.07. The summed E-state index contributed by atoms with van der Waals surface area (Å²) in [4.78, 5) is 21.8. The molecule has 136 valence electrons. The van der Waals surface area contributed by atoms with Gasteiger partial charge < -0.3 is 20.4 Å². The molecule has 0 unspecified atom stereocenters. The van der Waals surface area contributed by atoms with E-state index in [0.717, 1.165) is 55.4 Å². The lowest BCUT2D eigenvalue weighted by Crippen LogP contribution is -2.49. The minimum atomic E-state index is 0.129. The smallest absolute Gasteiger partial charge is 0.256 e. The van der Waals surface area contributed by atoms with Gasteiger partial charge in [0.1, 0.15) is 0 Å². The van der Waals surface area contributed by atoms with Crippen LogP contribution in [0.1, 0.15) is 22.8 Å². The first kappa shape index (κ1) is 16.7. The van der Waals surface area contributed by atoms with E-state index in [9.17, 15) is 4.79 Å². The van der Waals surface area contributed by atoms with Crippen LogP contribution in [-0.4, -0.2) is 55.1 Å². The summed E-state index contributed by atoms with van der Waals surface area (Å²) in [6, 6.07) is 10.0.